The number of nitrogens with one attached hydrogen (secondary N) is 2. The molecular weight excluding hydrogens is 399 g/mol. The minimum Gasteiger partial charge on any atom is -0.486 e. The van der Waals surface area contributed by atoms with Crippen molar-refractivity contribution in [2.45, 2.75) is 19.6 Å². The molecule has 0 spiro atoms. The number of amides is 1. The topological polar surface area (TPSA) is 68.2 Å². The quantitative estimate of drug-likeness (QED) is 0.518. The number of hydrogen-bond acceptors (Lipinski definition) is 4. The van der Waals surface area contributed by atoms with E-state index in [1.54, 1.807) is 12.1 Å². The largest absolute Gasteiger partial charge is 0.486 e. The number of rotatable bonds is 9. The number of ether oxygens (including phenoxy) is 1. The minimum absolute atomic E-state index is 0. The first-order chi connectivity index (χ1) is 13.2. The van der Waals surface area contributed by atoms with Gasteiger partial charge < -0.3 is 19.9 Å². The van der Waals surface area contributed by atoms with Crippen molar-refractivity contribution >= 4 is 40.9 Å². The lowest BCUT2D eigenvalue weighted by molar-refractivity contribution is -0.121. The van der Waals surface area contributed by atoms with E-state index < -0.39 is 0 Å². The number of aromatic nitrogens is 2. The molecule has 0 radical (unpaired) electrons. The van der Waals surface area contributed by atoms with Gasteiger partial charge in [0.25, 0.3) is 0 Å². The molecule has 0 aliphatic heterocycles. The molecule has 0 saturated carbocycles. The number of carbonyl (C=O) groups excluding carboxylic acids is 1. The summed E-state index contributed by atoms with van der Waals surface area (Å²) in [6, 6.07) is 14.9. The summed E-state index contributed by atoms with van der Waals surface area (Å²) in [5.74, 6) is 1.37. The number of nitrogens with zero attached hydrogens (tertiary/aromatic N) is 2. The highest BCUT2D eigenvalue weighted by atomic mass is 35.5. The summed E-state index contributed by atoms with van der Waals surface area (Å²) in [6.07, 6.45) is 0.888. The van der Waals surface area contributed by atoms with Crippen molar-refractivity contribution in [1.82, 2.24) is 20.2 Å². The first-order valence-corrected chi connectivity index (χ1v) is 9.29. The molecular formula is C20H24Cl2N4O2. The maximum Gasteiger partial charge on any atom is 0.240 e. The molecule has 0 aliphatic carbocycles. The molecule has 1 amide bonds. The van der Waals surface area contributed by atoms with E-state index in [1.807, 2.05) is 48.0 Å². The molecule has 28 heavy (non-hydrogen) atoms. The Kier molecular flexibility index (Phi) is 8.57. The second-order valence-corrected chi connectivity index (χ2v) is 6.59. The number of para-hydroxylation sites is 2. The van der Waals surface area contributed by atoms with Crippen LogP contribution in [0.4, 0.5) is 0 Å². The van der Waals surface area contributed by atoms with E-state index in [2.05, 4.69) is 15.6 Å². The Morgan fingerprint density at radius 3 is 2.64 bits per heavy atom. The van der Waals surface area contributed by atoms with Crippen LogP contribution in [0, 0.1) is 0 Å². The normalized spacial score (nSPS) is 10.5. The monoisotopic (exact) mass is 422 g/mol. The van der Waals surface area contributed by atoms with Gasteiger partial charge in [0.1, 0.15) is 24.7 Å². The third-order valence-corrected chi connectivity index (χ3v) is 4.39. The summed E-state index contributed by atoms with van der Waals surface area (Å²) in [7, 11) is 1.90. The van der Waals surface area contributed by atoms with Crippen LogP contribution in [-0.4, -0.2) is 35.6 Å². The van der Waals surface area contributed by atoms with Crippen molar-refractivity contribution in [3.05, 3.63) is 59.4 Å². The lowest BCUT2D eigenvalue weighted by Gasteiger charge is -2.11. The number of fused-ring (bicyclic) bond motifs is 1. The van der Waals surface area contributed by atoms with Gasteiger partial charge in [0.2, 0.25) is 5.91 Å². The van der Waals surface area contributed by atoms with Gasteiger partial charge in [0.15, 0.2) is 0 Å². The van der Waals surface area contributed by atoms with E-state index in [-0.39, 0.29) is 31.5 Å². The fourth-order valence-electron chi connectivity index (χ4n) is 2.78. The second-order valence-electron chi connectivity index (χ2n) is 6.15. The second kappa shape index (κ2) is 10.9. The van der Waals surface area contributed by atoms with E-state index in [9.17, 15) is 4.79 Å². The number of carbonyl (C=O) groups is 1. The van der Waals surface area contributed by atoms with Gasteiger partial charge >= 0.3 is 0 Å². The summed E-state index contributed by atoms with van der Waals surface area (Å²) in [5, 5.41) is 6.67. The van der Waals surface area contributed by atoms with Crippen molar-refractivity contribution < 1.29 is 9.53 Å². The molecule has 2 N–H and O–H groups in total. The van der Waals surface area contributed by atoms with E-state index >= 15 is 0 Å². The molecule has 1 heterocycles. The maximum atomic E-state index is 12.3. The van der Waals surface area contributed by atoms with Gasteiger partial charge in [0.05, 0.1) is 11.0 Å². The van der Waals surface area contributed by atoms with Gasteiger partial charge in [-0.05, 0) is 56.4 Å². The molecule has 8 heteroatoms. The molecule has 3 rings (SSSR count). The molecule has 2 aromatic carbocycles. The molecule has 1 aromatic heterocycles. The minimum atomic E-state index is -0.0398. The fourth-order valence-corrected chi connectivity index (χ4v) is 2.91. The van der Waals surface area contributed by atoms with Gasteiger partial charge in [-0.25, -0.2) is 4.98 Å². The Morgan fingerprint density at radius 2 is 1.89 bits per heavy atom. The van der Waals surface area contributed by atoms with Crippen LogP contribution in [0.3, 0.4) is 0 Å². The van der Waals surface area contributed by atoms with Crippen molar-refractivity contribution in [2.75, 3.05) is 20.1 Å². The highest BCUT2D eigenvalue weighted by molar-refractivity contribution is 6.30. The van der Waals surface area contributed by atoms with Crippen LogP contribution in [0.2, 0.25) is 5.02 Å². The molecule has 0 aliphatic rings. The number of imidazole rings is 1. The molecule has 6 nitrogen and oxygen atoms in total. The van der Waals surface area contributed by atoms with E-state index in [0.717, 1.165) is 24.0 Å². The highest BCUT2D eigenvalue weighted by Gasteiger charge is 2.14. The average Bonchev–Trinajstić information content (AvgIpc) is 3.02. The molecule has 0 saturated heterocycles. The zero-order valence-electron chi connectivity index (χ0n) is 15.7. The van der Waals surface area contributed by atoms with Crippen LogP contribution in [-0.2, 0) is 17.9 Å². The van der Waals surface area contributed by atoms with Gasteiger partial charge in [-0.2, -0.15) is 0 Å². The maximum absolute atomic E-state index is 12.3. The van der Waals surface area contributed by atoms with Gasteiger partial charge in [0, 0.05) is 11.6 Å². The Balaban J connectivity index is 0.00000280. The van der Waals surface area contributed by atoms with Crippen molar-refractivity contribution in [1.29, 1.82) is 0 Å². The molecule has 3 aromatic rings. The van der Waals surface area contributed by atoms with Crippen LogP contribution in [0.1, 0.15) is 12.2 Å². The molecule has 0 unspecified atom stereocenters. The molecule has 0 fully saturated rings. The van der Waals surface area contributed by atoms with Crippen LogP contribution in [0.15, 0.2) is 48.5 Å². The van der Waals surface area contributed by atoms with E-state index in [4.69, 9.17) is 16.3 Å². The predicted octanol–water partition coefficient (Wildman–Crippen LogP) is 3.42. The Labute approximate surface area is 175 Å². The summed E-state index contributed by atoms with van der Waals surface area (Å²) < 4.78 is 7.73. The Bertz CT molecular complexity index is 897. The lowest BCUT2D eigenvalue weighted by Crippen LogP contribution is -2.30. The van der Waals surface area contributed by atoms with E-state index in [1.165, 1.54) is 0 Å². The Morgan fingerprint density at radius 1 is 1.14 bits per heavy atom. The smallest absolute Gasteiger partial charge is 0.240 e. The molecule has 0 atom stereocenters. The summed E-state index contributed by atoms with van der Waals surface area (Å²) in [4.78, 5) is 17.0. The van der Waals surface area contributed by atoms with Crippen molar-refractivity contribution in [3.8, 4) is 5.75 Å². The molecule has 0 bridgehead atoms. The highest BCUT2D eigenvalue weighted by Crippen LogP contribution is 2.20. The van der Waals surface area contributed by atoms with Gasteiger partial charge in [-0.15, -0.1) is 12.4 Å². The summed E-state index contributed by atoms with van der Waals surface area (Å²) in [6.45, 7) is 1.99. The van der Waals surface area contributed by atoms with Gasteiger partial charge in [-0.1, -0.05) is 23.7 Å². The zero-order valence-corrected chi connectivity index (χ0v) is 17.2. The predicted molar refractivity (Wildman–Crippen MR) is 114 cm³/mol. The van der Waals surface area contributed by atoms with Crippen molar-refractivity contribution in [2.24, 2.45) is 0 Å². The standard InChI is InChI=1S/C20H23ClN4O2.ClH/c1-22-11-4-12-23-20(26)13-25-18-6-3-2-5-17(18)24-19(25)14-27-16-9-7-15(21)8-10-16;/h2-3,5-10,22H,4,11-14H2,1H3,(H,23,26);1H. The first kappa shape index (κ1) is 22.0. The third kappa shape index (κ3) is 5.86. The Hall–Kier alpha value is -2.28. The average molecular weight is 423 g/mol. The number of benzene rings is 2. The van der Waals surface area contributed by atoms with Crippen LogP contribution in [0.5, 0.6) is 5.75 Å². The zero-order chi connectivity index (χ0) is 19.1. The van der Waals surface area contributed by atoms with Crippen molar-refractivity contribution in [3.63, 3.8) is 0 Å². The van der Waals surface area contributed by atoms with E-state index in [0.29, 0.717) is 23.1 Å². The number of hydrogen-bond donors (Lipinski definition) is 2. The fraction of sp³-hybridized carbons (Fsp3) is 0.300. The SMILES string of the molecule is CNCCCNC(=O)Cn1c(COc2ccc(Cl)cc2)nc2ccccc21.Cl. The van der Waals surface area contributed by atoms with Gasteiger partial charge in [-0.3, -0.25) is 4.79 Å². The van der Waals surface area contributed by atoms with Crippen LogP contribution < -0.4 is 15.4 Å². The lowest BCUT2D eigenvalue weighted by atomic mass is 10.3. The van der Waals surface area contributed by atoms with Crippen LogP contribution in [0.25, 0.3) is 11.0 Å². The number of halogens is 2. The summed E-state index contributed by atoms with van der Waals surface area (Å²) >= 11 is 5.91. The first-order valence-electron chi connectivity index (χ1n) is 8.91. The third-order valence-electron chi connectivity index (χ3n) is 4.14. The molecule has 150 valence electrons. The van der Waals surface area contributed by atoms with Crippen LogP contribution >= 0.6 is 24.0 Å². The summed E-state index contributed by atoms with van der Waals surface area (Å²) in [5.41, 5.74) is 1.76.